The van der Waals surface area contributed by atoms with Crippen LogP contribution in [0.15, 0.2) is 18.5 Å². The van der Waals surface area contributed by atoms with Crippen molar-refractivity contribution in [2.45, 2.75) is 58.9 Å². The molecule has 2 heterocycles. The van der Waals surface area contributed by atoms with E-state index < -0.39 is 11.6 Å². The third kappa shape index (κ3) is 4.25. The van der Waals surface area contributed by atoms with E-state index in [0.29, 0.717) is 18.9 Å². The zero-order valence-corrected chi connectivity index (χ0v) is 15.6. The van der Waals surface area contributed by atoms with Crippen molar-refractivity contribution < 1.29 is 14.6 Å². The van der Waals surface area contributed by atoms with Crippen LogP contribution in [-0.4, -0.2) is 39.8 Å². The maximum atomic E-state index is 11.5. The van der Waals surface area contributed by atoms with Gasteiger partial charge in [-0.2, -0.15) is 0 Å². The van der Waals surface area contributed by atoms with Crippen molar-refractivity contribution in [1.82, 2.24) is 9.88 Å². The topological polar surface area (TPSA) is 62.7 Å². The molecule has 1 aliphatic heterocycles. The predicted octanol–water partition coefficient (Wildman–Crippen LogP) is 4.17. The molecule has 1 fully saturated rings. The summed E-state index contributed by atoms with van der Waals surface area (Å²) in [5, 5.41) is 9.45. The fourth-order valence-corrected chi connectivity index (χ4v) is 3.12. The zero-order chi connectivity index (χ0) is 18.5. The molecule has 1 unspecified atom stereocenters. The summed E-state index contributed by atoms with van der Waals surface area (Å²) in [5.41, 5.74) is 0.0955. The molecule has 1 aromatic heterocycles. The molecule has 1 aliphatic rings. The highest BCUT2D eigenvalue weighted by Crippen LogP contribution is 2.45. The predicted molar refractivity (Wildman–Crippen MR) is 97.7 cm³/mol. The first-order chi connectivity index (χ1) is 11.8. The van der Waals surface area contributed by atoms with Crippen molar-refractivity contribution in [1.29, 1.82) is 0 Å². The number of carbonyl (C=O) groups is 1. The molecule has 0 saturated carbocycles. The summed E-state index contributed by atoms with van der Waals surface area (Å²) in [6.07, 6.45) is 6.38. The highest BCUT2D eigenvalue weighted by Gasteiger charge is 2.55. The first-order valence-corrected chi connectivity index (χ1v) is 8.87. The van der Waals surface area contributed by atoms with E-state index in [1.54, 1.807) is 12.4 Å². The minimum atomic E-state index is -0.890. The van der Waals surface area contributed by atoms with Crippen LogP contribution in [-0.2, 0) is 0 Å². The van der Waals surface area contributed by atoms with E-state index >= 15 is 0 Å². The molecule has 0 spiro atoms. The molecule has 2 rings (SSSR count). The van der Waals surface area contributed by atoms with E-state index in [-0.39, 0.29) is 5.41 Å². The van der Waals surface area contributed by atoms with Crippen LogP contribution in [0.25, 0.3) is 0 Å². The van der Waals surface area contributed by atoms with E-state index in [0.717, 1.165) is 31.2 Å². The number of likely N-dealkylation sites (tertiary alicyclic amines) is 1. The largest absolute Gasteiger partial charge is 0.489 e. The van der Waals surface area contributed by atoms with Gasteiger partial charge in [0.25, 0.3) is 0 Å². The van der Waals surface area contributed by atoms with Gasteiger partial charge in [-0.3, -0.25) is 9.88 Å². The van der Waals surface area contributed by atoms with Crippen LogP contribution < -0.4 is 4.74 Å². The number of unbranched alkanes of at least 4 members (excludes halogenated alkanes) is 2. The second kappa shape index (κ2) is 7.77. The Bertz CT molecular complexity index is 669. The van der Waals surface area contributed by atoms with Gasteiger partial charge in [-0.15, -0.1) is 0 Å². The van der Waals surface area contributed by atoms with Gasteiger partial charge in [0.1, 0.15) is 12.4 Å². The molecular weight excluding hydrogens is 316 g/mol. The molecule has 1 N–H and O–H groups in total. The van der Waals surface area contributed by atoms with Gasteiger partial charge in [0.15, 0.2) is 0 Å². The quantitative estimate of drug-likeness (QED) is 0.643. The molecular formula is C20H28N2O3. The lowest BCUT2D eigenvalue weighted by Gasteiger charge is -2.57. The van der Waals surface area contributed by atoms with E-state index in [1.165, 1.54) is 4.90 Å². The van der Waals surface area contributed by atoms with Crippen molar-refractivity contribution in [3.05, 3.63) is 24.0 Å². The van der Waals surface area contributed by atoms with E-state index in [9.17, 15) is 9.90 Å². The average Bonchev–Trinajstić information content (AvgIpc) is 2.49. The molecule has 0 aliphatic carbocycles. The number of nitrogens with zero attached hydrogens (tertiary/aromatic N) is 2. The Balaban J connectivity index is 2.08. The first kappa shape index (κ1) is 19.1. The van der Waals surface area contributed by atoms with Crippen molar-refractivity contribution in [3.8, 4) is 17.6 Å². The van der Waals surface area contributed by atoms with Gasteiger partial charge in [-0.05, 0) is 24.3 Å². The lowest BCUT2D eigenvalue weighted by molar-refractivity contribution is -0.0962. The van der Waals surface area contributed by atoms with Crippen LogP contribution in [0.3, 0.4) is 0 Å². The molecule has 0 bridgehead atoms. The van der Waals surface area contributed by atoms with Gasteiger partial charge in [-0.25, -0.2) is 4.79 Å². The van der Waals surface area contributed by atoms with Crippen molar-refractivity contribution in [2.75, 3.05) is 13.2 Å². The number of amides is 1. The lowest BCUT2D eigenvalue weighted by Crippen LogP contribution is -2.70. The Hall–Kier alpha value is -2.22. The van der Waals surface area contributed by atoms with Gasteiger partial charge in [0.2, 0.25) is 0 Å². The van der Waals surface area contributed by atoms with Crippen LogP contribution in [0, 0.1) is 17.3 Å². The van der Waals surface area contributed by atoms with E-state index in [4.69, 9.17) is 4.74 Å². The summed E-state index contributed by atoms with van der Waals surface area (Å²) in [7, 11) is 0. The number of rotatable bonds is 5. The molecule has 0 aromatic carbocycles. The Labute approximate surface area is 150 Å². The number of carboxylic acid groups (broad SMARTS) is 1. The van der Waals surface area contributed by atoms with Gasteiger partial charge >= 0.3 is 6.09 Å². The monoisotopic (exact) mass is 344 g/mol. The second-order valence-corrected chi connectivity index (χ2v) is 7.57. The molecule has 5 heteroatoms. The molecule has 5 nitrogen and oxygen atoms in total. The average molecular weight is 344 g/mol. The Kier molecular flexibility index (Phi) is 5.94. The number of hydrogen-bond acceptors (Lipinski definition) is 3. The summed E-state index contributed by atoms with van der Waals surface area (Å²) in [6.45, 7) is 9.18. The van der Waals surface area contributed by atoms with Crippen LogP contribution in [0.4, 0.5) is 4.79 Å². The summed E-state index contributed by atoms with van der Waals surface area (Å²) in [5.74, 6) is 6.87. The highest BCUT2D eigenvalue weighted by atomic mass is 16.5. The summed E-state index contributed by atoms with van der Waals surface area (Å²) in [6, 6.07) is 1.87. The van der Waals surface area contributed by atoms with Gasteiger partial charge < -0.3 is 9.84 Å². The van der Waals surface area contributed by atoms with Crippen LogP contribution in [0.2, 0.25) is 0 Å². The second-order valence-electron chi connectivity index (χ2n) is 7.57. The SMILES string of the molecule is CCCCC#Cc1cncc(OCC2(C(C)(C)C)CCN2C(=O)O)c1. The van der Waals surface area contributed by atoms with E-state index in [1.807, 2.05) is 6.07 Å². The Morgan fingerprint density at radius 2 is 2.20 bits per heavy atom. The van der Waals surface area contributed by atoms with Crippen molar-refractivity contribution >= 4 is 6.09 Å². The molecule has 136 valence electrons. The van der Waals surface area contributed by atoms with Crippen molar-refractivity contribution in [2.24, 2.45) is 5.41 Å². The van der Waals surface area contributed by atoms with Gasteiger partial charge in [0.05, 0.1) is 11.7 Å². The number of hydrogen-bond donors (Lipinski definition) is 1. The van der Waals surface area contributed by atoms with Crippen LogP contribution >= 0.6 is 0 Å². The molecule has 0 radical (unpaired) electrons. The standard InChI is InChI=1S/C20H28N2O3/c1-5-6-7-8-9-16-12-17(14-21-13-16)25-15-20(19(2,3)4)10-11-22(20)18(23)24/h12-14H,5-7,10-11,15H2,1-4H3,(H,23,24). The Morgan fingerprint density at radius 1 is 1.44 bits per heavy atom. The van der Waals surface area contributed by atoms with Crippen molar-refractivity contribution in [3.63, 3.8) is 0 Å². The fraction of sp³-hybridized carbons (Fsp3) is 0.600. The molecule has 1 aromatic rings. The summed E-state index contributed by atoms with van der Waals surface area (Å²) >= 11 is 0. The summed E-state index contributed by atoms with van der Waals surface area (Å²) < 4.78 is 5.95. The third-order valence-electron chi connectivity index (χ3n) is 4.97. The minimum Gasteiger partial charge on any atom is -0.489 e. The third-order valence-corrected chi connectivity index (χ3v) is 4.97. The Morgan fingerprint density at radius 3 is 2.76 bits per heavy atom. The van der Waals surface area contributed by atoms with E-state index in [2.05, 4.69) is 44.5 Å². The van der Waals surface area contributed by atoms with Crippen LogP contribution in [0.1, 0.15) is 58.9 Å². The normalized spacial score (nSPS) is 19.6. The molecule has 1 atom stereocenters. The molecule has 1 amide bonds. The lowest BCUT2D eigenvalue weighted by atomic mass is 9.66. The fourth-order valence-electron chi connectivity index (χ4n) is 3.12. The zero-order valence-electron chi connectivity index (χ0n) is 15.6. The van der Waals surface area contributed by atoms with Gasteiger partial charge in [0, 0.05) is 24.7 Å². The minimum absolute atomic E-state index is 0.214. The maximum absolute atomic E-state index is 11.5. The van der Waals surface area contributed by atoms with Gasteiger partial charge in [-0.1, -0.05) is 46.0 Å². The number of ether oxygens (including phenoxy) is 1. The summed E-state index contributed by atoms with van der Waals surface area (Å²) in [4.78, 5) is 17.2. The number of pyridine rings is 1. The van der Waals surface area contributed by atoms with Crippen LogP contribution in [0.5, 0.6) is 5.75 Å². The number of aromatic nitrogens is 1. The first-order valence-electron chi connectivity index (χ1n) is 8.87. The smallest absolute Gasteiger partial charge is 0.407 e. The molecule has 25 heavy (non-hydrogen) atoms. The molecule has 1 saturated heterocycles. The maximum Gasteiger partial charge on any atom is 0.407 e. The highest BCUT2D eigenvalue weighted by molar-refractivity contribution is 5.68.